The van der Waals surface area contributed by atoms with E-state index in [1.807, 2.05) is 0 Å². The Bertz CT molecular complexity index is 224. The van der Waals surface area contributed by atoms with Crippen molar-refractivity contribution >= 4 is 5.97 Å². The van der Waals surface area contributed by atoms with Gasteiger partial charge in [-0.3, -0.25) is 4.79 Å². The van der Waals surface area contributed by atoms with E-state index in [0.29, 0.717) is 25.6 Å². The minimum absolute atomic E-state index is 0.339. The molecule has 3 N–H and O–H groups in total. The minimum atomic E-state index is -1.18. The first-order valence-electron chi connectivity index (χ1n) is 5.70. The van der Waals surface area contributed by atoms with Gasteiger partial charge in [-0.25, -0.2) is 0 Å². The maximum Gasteiger partial charge on any atom is 0.323 e. The lowest BCUT2D eigenvalue weighted by molar-refractivity contribution is -0.143. The Balaban J connectivity index is 2.09. The fraction of sp³-hybridized carbons (Fsp3) is 0.909. The summed E-state index contributed by atoms with van der Waals surface area (Å²) in [6.45, 7) is 4.19. The van der Waals surface area contributed by atoms with Gasteiger partial charge in [0, 0.05) is 26.4 Å². The van der Waals surface area contributed by atoms with E-state index in [0.717, 1.165) is 26.1 Å². The summed E-state index contributed by atoms with van der Waals surface area (Å²) >= 11 is 0. The average molecular weight is 231 g/mol. The van der Waals surface area contributed by atoms with Crippen LogP contribution in [-0.4, -0.2) is 43.0 Å². The number of aliphatic carboxylic acids is 1. The fourth-order valence-electron chi connectivity index (χ4n) is 1.55. The maximum atomic E-state index is 10.7. The zero-order valence-electron chi connectivity index (χ0n) is 9.78. The number of rotatable bonds is 6. The molecule has 1 atom stereocenters. The highest BCUT2D eigenvalue weighted by molar-refractivity contribution is 5.77. The number of carboxylic acid groups (broad SMARTS) is 1. The van der Waals surface area contributed by atoms with Gasteiger partial charge in [0.05, 0.1) is 0 Å². The number of hydrogen-bond donors (Lipinski definition) is 2. The Hall–Kier alpha value is -0.650. The summed E-state index contributed by atoms with van der Waals surface area (Å²) in [6, 6.07) is 0. The van der Waals surface area contributed by atoms with Gasteiger partial charge in [-0.1, -0.05) is 0 Å². The Morgan fingerprint density at radius 3 is 2.75 bits per heavy atom. The molecule has 0 saturated carbocycles. The predicted molar refractivity (Wildman–Crippen MR) is 59.2 cm³/mol. The molecule has 0 aromatic carbocycles. The summed E-state index contributed by atoms with van der Waals surface area (Å²) in [5.74, 6) is -0.440. The van der Waals surface area contributed by atoms with Crippen LogP contribution >= 0.6 is 0 Å². The molecule has 0 aromatic rings. The van der Waals surface area contributed by atoms with Crippen LogP contribution in [0.3, 0.4) is 0 Å². The van der Waals surface area contributed by atoms with Gasteiger partial charge in [0.1, 0.15) is 5.54 Å². The van der Waals surface area contributed by atoms with Gasteiger partial charge in [-0.05, 0) is 32.1 Å². The Morgan fingerprint density at radius 1 is 1.56 bits per heavy atom. The lowest BCUT2D eigenvalue weighted by Gasteiger charge is -2.23. The van der Waals surface area contributed by atoms with E-state index in [1.54, 1.807) is 0 Å². The molecule has 0 aliphatic carbocycles. The zero-order chi connectivity index (χ0) is 12.0. The minimum Gasteiger partial charge on any atom is -0.480 e. The third kappa shape index (κ3) is 4.47. The molecule has 1 unspecified atom stereocenters. The summed E-state index contributed by atoms with van der Waals surface area (Å²) < 4.78 is 10.7. The summed E-state index contributed by atoms with van der Waals surface area (Å²) in [7, 11) is 0. The van der Waals surface area contributed by atoms with Crippen molar-refractivity contribution in [3.63, 3.8) is 0 Å². The van der Waals surface area contributed by atoms with Crippen molar-refractivity contribution in [1.82, 2.24) is 0 Å². The van der Waals surface area contributed by atoms with Crippen molar-refractivity contribution in [3.8, 4) is 0 Å². The third-order valence-electron chi connectivity index (χ3n) is 2.95. The second-order valence-electron chi connectivity index (χ2n) is 4.60. The molecule has 94 valence electrons. The summed E-state index contributed by atoms with van der Waals surface area (Å²) in [5, 5.41) is 8.79. The van der Waals surface area contributed by atoms with Gasteiger partial charge in [0.2, 0.25) is 0 Å². The molecule has 0 aromatic heterocycles. The van der Waals surface area contributed by atoms with E-state index in [9.17, 15) is 4.79 Å². The lowest BCUT2D eigenvalue weighted by Crippen LogP contribution is -2.45. The molecular weight excluding hydrogens is 210 g/mol. The molecule has 1 saturated heterocycles. The molecule has 0 amide bonds. The van der Waals surface area contributed by atoms with E-state index in [4.69, 9.17) is 20.3 Å². The molecule has 1 heterocycles. The number of carboxylic acids is 1. The second kappa shape index (κ2) is 6.18. The smallest absolute Gasteiger partial charge is 0.323 e. The highest BCUT2D eigenvalue weighted by Crippen LogP contribution is 2.15. The quantitative estimate of drug-likeness (QED) is 0.655. The molecule has 5 nitrogen and oxygen atoms in total. The van der Waals surface area contributed by atoms with Crippen molar-refractivity contribution < 1.29 is 19.4 Å². The highest BCUT2D eigenvalue weighted by atomic mass is 16.5. The molecule has 16 heavy (non-hydrogen) atoms. The SMILES string of the molecule is CC(N)(CCOCC1CCOCC1)C(=O)O. The van der Waals surface area contributed by atoms with Gasteiger partial charge < -0.3 is 20.3 Å². The molecule has 1 rings (SSSR count). The van der Waals surface area contributed by atoms with E-state index < -0.39 is 11.5 Å². The molecule has 1 fully saturated rings. The maximum absolute atomic E-state index is 10.7. The number of nitrogens with two attached hydrogens (primary N) is 1. The highest BCUT2D eigenvalue weighted by Gasteiger charge is 2.27. The summed E-state index contributed by atoms with van der Waals surface area (Å²) in [5.41, 5.74) is 4.39. The van der Waals surface area contributed by atoms with Crippen LogP contribution in [0, 0.1) is 5.92 Å². The van der Waals surface area contributed by atoms with Crippen molar-refractivity contribution in [2.75, 3.05) is 26.4 Å². The predicted octanol–water partition coefficient (Wildman–Crippen LogP) is 0.622. The number of ether oxygens (including phenoxy) is 2. The largest absolute Gasteiger partial charge is 0.480 e. The first-order valence-corrected chi connectivity index (χ1v) is 5.70. The first-order chi connectivity index (χ1) is 7.52. The monoisotopic (exact) mass is 231 g/mol. The normalized spacial score (nSPS) is 21.6. The van der Waals surface area contributed by atoms with Crippen LogP contribution in [0.25, 0.3) is 0 Å². The molecule has 1 aliphatic heterocycles. The zero-order valence-corrected chi connectivity index (χ0v) is 9.78. The van der Waals surface area contributed by atoms with Crippen LogP contribution < -0.4 is 5.73 Å². The van der Waals surface area contributed by atoms with E-state index in [-0.39, 0.29) is 0 Å². The molecular formula is C11H21NO4. The van der Waals surface area contributed by atoms with Crippen LogP contribution in [0.5, 0.6) is 0 Å². The Labute approximate surface area is 95.9 Å². The van der Waals surface area contributed by atoms with Crippen molar-refractivity contribution in [2.24, 2.45) is 11.7 Å². The Kier molecular flexibility index (Phi) is 5.18. The molecule has 5 heteroatoms. The van der Waals surface area contributed by atoms with Crippen molar-refractivity contribution in [2.45, 2.75) is 31.7 Å². The van der Waals surface area contributed by atoms with Gasteiger partial charge in [-0.2, -0.15) is 0 Å². The topological polar surface area (TPSA) is 81.8 Å². The van der Waals surface area contributed by atoms with Crippen LogP contribution in [0.15, 0.2) is 0 Å². The summed E-state index contributed by atoms with van der Waals surface area (Å²) in [4.78, 5) is 10.7. The lowest BCUT2D eigenvalue weighted by atomic mass is 10.00. The van der Waals surface area contributed by atoms with E-state index >= 15 is 0 Å². The van der Waals surface area contributed by atoms with E-state index in [2.05, 4.69) is 0 Å². The van der Waals surface area contributed by atoms with Crippen molar-refractivity contribution in [3.05, 3.63) is 0 Å². The van der Waals surface area contributed by atoms with Crippen LogP contribution in [-0.2, 0) is 14.3 Å². The summed E-state index contributed by atoms with van der Waals surface area (Å²) in [6.07, 6.45) is 2.39. The fourth-order valence-corrected chi connectivity index (χ4v) is 1.55. The van der Waals surface area contributed by atoms with E-state index in [1.165, 1.54) is 6.92 Å². The van der Waals surface area contributed by atoms with Crippen molar-refractivity contribution in [1.29, 1.82) is 0 Å². The van der Waals surface area contributed by atoms with Gasteiger partial charge >= 0.3 is 5.97 Å². The van der Waals surface area contributed by atoms with Gasteiger partial charge in [-0.15, -0.1) is 0 Å². The number of hydrogen-bond acceptors (Lipinski definition) is 4. The van der Waals surface area contributed by atoms with Crippen LogP contribution in [0.4, 0.5) is 0 Å². The van der Waals surface area contributed by atoms with Crippen LogP contribution in [0.2, 0.25) is 0 Å². The molecule has 0 bridgehead atoms. The van der Waals surface area contributed by atoms with Gasteiger partial charge in [0.25, 0.3) is 0 Å². The molecule has 0 radical (unpaired) electrons. The Morgan fingerprint density at radius 2 is 2.19 bits per heavy atom. The van der Waals surface area contributed by atoms with Gasteiger partial charge in [0.15, 0.2) is 0 Å². The first kappa shape index (κ1) is 13.4. The molecule has 1 aliphatic rings. The molecule has 0 spiro atoms. The standard InChI is InChI=1S/C11H21NO4/c1-11(12,10(13)14)4-7-16-8-9-2-5-15-6-3-9/h9H,2-8,12H2,1H3,(H,13,14). The third-order valence-corrected chi connectivity index (χ3v) is 2.95. The average Bonchev–Trinajstić information content (AvgIpc) is 2.26. The number of carbonyl (C=O) groups is 1. The van der Waals surface area contributed by atoms with Crippen LogP contribution in [0.1, 0.15) is 26.2 Å². The second-order valence-corrected chi connectivity index (χ2v) is 4.60.